The van der Waals surface area contributed by atoms with Crippen molar-refractivity contribution < 1.29 is 4.79 Å². The van der Waals surface area contributed by atoms with Crippen LogP contribution in [0.25, 0.3) is 10.9 Å². The number of piperazine rings is 1. The quantitative estimate of drug-likeness (QED) is 0.800. The van der Waals surface area contributed by atoms with Crippen LogP contribution in [0.4, 0.5) is 0 Å². The summed E-state index contributed by atoms with van der Waals surface area (Å²) in [7, 11) is 2.14. The van der Waals surface area contributed by atoms with Crippen LogP contribution < -0.4 is 10.9 Å². The van der Waals surface area contributed by atoms with Gasteiger partial charge in [0.25, 0.3) is 5.91 Å². The molecule has 0 saturated carbocycles. The summed E-state index contributed by atoms with van der Waals surface area (Å²) in [5, 5.41) is 3.71. The van der Waals surface area contributed by atoms with Crippen molar-refractivity contribution in [3.8, 4) is 0 Å². The zero-order valence-electron chi connectivity index (χ0n) is 14.0. The van der Waals surface area contributed by atoms with E-state index < -0.39 is 0 Å². The van der Waals surface area contributed by atoms with Gasteiger partial charge in [-0.25, -0.2) is 0 Å². The fourth-order valence-electron chi connectivity index (χ4n) is 3.06. The van der Waals surface area contributed by atoms with E-state index in [9.17, 15) is 9.59 Å². The van der Waals surface area contributed by atoms with Crippen LogP contribution in [-0.4, -0.2) is 67.0 Å². The predicted octanol–water partition coefficient (Wildman–Crippen LogP) is 0.895. The number of hydrogen-bond acceptors (Lipinski definition) is 4. The molecule has 1 aliphatic heterocycles. The van der Waals surface area contributed by atoms with Crippen LogP contribution in [-0.2, 0) is 0 Å². The number of H-pyrrole nitrogens is 1. The van der Waals surface area contributed by atoms with E-state index in [1.54, 1.807) is 6.07 Å². The Bertz CT molecular complexity index is 763. The molecule has 24 heavy (non-hydrogen) atoms. The number of nitrogens with one attached hydrogen (secondary N) is 2. The Kier molecular flexibility index (Phi) is 5.27. The number of aromatic nitrogens is 1. The minimum atomic E-state index is -0.253. The summed E-state index contributed by atoms with van der Waals surface area (Å²) < 4.78 is 0. The van der Waals surface area contributed by atoms with E-state index in [2.05, 4.69) is 27.1 Å². The minimum Gasteiger partial charge on any atom is -0.352 e. The van der Waals surface area contributed by atoms with Crippen LogP contribution in [0.5, 0.6) is 0 Å². The largest absolute Gasteiger partial charge is 0.352 e. The lowest BCUT2D eigenvalue weighted by Gasteiger charge is -2.32. The van der Waals surface area contributed by atoms with Gasteiger partial charge in [-0.05, 0) is 26.1 Å². The lowest BCUT2D eigenvalue weighted by molar-refractivity contribution is 0.0951. The number of para-hydroxylation sites is 1. The van der Waals surface area contributed by atoms with Crippen molar-refractivity contribution in [1.82, 2.24) is 20.1 Å². The first-order valence-electron chi connectivity index (χ1n) is 8.44. The molecule has 1 aliphatic rings. The first-order valence-corrected chi connectivity index (χ1v) is 8.44. The monoisotopic (exact) mass is 328 g/mol. The molecule has 1 amide bonds. The molecular formula is C18H24N4O2. The normalized spacial score (nSPS) is 16.4. The third-order valence-corrected chi connectivity index (χ3v) is 4.53. The maximum absolute atomic E-state index is 12.4. The van der Waals surface area contributed by atoms with Crippen LogP contribution in [0, 0.1) is 0 Å². The summed E-state index contributed by atoms with van der Waals surface area (Å²) in [4.78, 5) is 31.7. The average molecular weight is 328 g/mol. The Morgan fingerprint density at radius 3 is 2.75 bits per heavy atom. The van der Waals surface area contributed by atoms with Gasteiger partial charge in [0.15, 0.2) is 0 Å². The summed E-state index contributed by atoms with van der Waals surface area (Å²) >= 11 is 0. The number of carbonyl (C=O) groups is 1. The van der Waals surface area contributed by atoms with Gasteiger partial charge in [-0.1, -0.05) is 18.2 Å². The van der Waals surface area contributed by atoms with Gasteiger partial charge in [0.05, 0.1) is 5.56 Å². The second-order valence-corrected chi connectivity index (χ2v) is 6.35. The Morgan fingerprint density at radius 1 is 1.21 bits per heavy atom. The first-order chi connectivity index (χ1) is 11.6. The highest BCUT2D eigenvalue weighted by Crippen LogP contribution is 2.14. The zero-order valence-corrected chi connectivity index (χ0v) is 14.0. The van der Waals surface area contributed by atoms with Crippen molar-refractivity contribution in [3.05, 3.63) is 46.2 Å². The van der Waals surface area contributed by atoms with Gasteiger partial charge < -0.3 is 20.1 Å². The molecule has 0 aliphatic carbocycles. The summed E-state index contributed by atoms with van der Waals surface area (Å²) in [6.07, 6.45) is 0.913. The van der Waals surface area contributed by atoms with Crippen LogP contribution in [0.15, 0.2) is 35.1 Å². The van der Waals surface area contributed by atoms with Crippen molar-refractivity contribution in [2.24, 2.45) is 0 Å². The SMILES string of the molecule is CN1CCN(CCCNC(=O)c2cc(=O)[nH]c3ccccc23)CC1. The second kappa shape index (κ2) is 7.59. The van der Waals surface area contributed by atoms with Crippen molar-refractivity contribution in [3.63, 3.8) is 0 Å². The summed E-state index contributed by atoms with van der Waals surface area (Å²) in [5.41, 5.74) is 0.873. The predicted molar refractivity (Wildman–Crippen MR) is 95.5 cm³/mol. The van der Waals surface area contributed by atoms with Crippen LogP contribution in [0.3, 0.4) is 0 Å². The molecule has 2 N–H and O–H groups in total. The number of hydrogen-bond donors (Lipinski definition) is 2. The lowest BCUT2D eigenvalue weighted by Crippen LogP contribution is -2.45. The standard InChI is InChI=1S/C18H24N4O2/c1-21-9-11-22(12-10-21)8-4-7-19-18(24)15-13-17(23)20-16-6-3-2-5-14(15)16/h2-3,5-6,13H,4,7-12H2,1H3,(H,19,24)(H,20,23). The Morgan fingerprint density at radius 2 is 1.96 bits per heavy atom. The molecule has 0 atom stereocenters. The van der Waals surface area contributed by atoms with Gasteiger partial charge in [-0.15, -0.1) is 0 Å². The lowest BCUT2D eigenvalue weighted by atomic mass is 10.1. The third kappa shape index (κ3) is 4.01. The maximum Gasteiger partial charge on any atom is 0.252 e. The summed E-state index contributed by atoms with van der Waals surface area (Å²) in [6, 6.07) is 8.74. The fourth-order valence-corrected chi connectivity index (χ4v) is 3.06. The summed E-state index contributed by atoms with van der Waals surface area (Å²) in [5.74, 6) is -0.185. The molecule has 2 heterocycles. The number of likely N-dealkylation sites (N-methyl/N-ethyl adjacent to an activating group) is 1. The van der Waals surface area contributed by atoms with Crippen molar-refractivity contribution in [2.75, 3.05) is 46.3 Å². The Labute approximate surface area is 141 Å². The van der Waals surface area contributed by atoms with Gasteiger partial charge in [-0.2, -0.15) is 0 Å². The summed E-state index contributed by atoms with van der Waals surface area (Å²) in [6.45, 7) is 5.99. The molecule has 0 spiro atoms. The zero-order chi connectivity index (χ0) is 16.9. The van der Waals surface area contributed by atoms with E-state index >= 15 is 0 Å². The molecule has 1 fully saturated rings. The molecule has 1 aromatic heterocycles. The van der Waals surface area contributed by atoms with E-state index in [4.69, 9.17) is 0 Å². The van der Waals surface area contributed by atoms with E-state index in [-0.39, 0.29) is 11.5 Å². The van der Waals surface area contributed by atoms with Crippen LogP contribution in [0.2, 0.25) is 0 Å². The molecule has 0 radical (unpaired) electrons. The molecule has 0 bridgehead atoms. The average Bonchev–Trinajstić information content (AvgIpc) is 2.59. The number of nitrogens with zero attached hydrogens (tertiary/aromatic N) is 2. The molecule has 1 saturated heterocycles. The Balaban J connectivity index is 1.55. The Hall–Kier alpha value is -2.18. The van der Waals surface area contributed by atoms with E-state index in [0.29, 0.717) is 17.6 Å². The molecule has 0 unspecified atom stereocenters. The second-order valence-electron chi connectivity index (χ2n) is 6.35. The number of fused-ring (bicyclic) bond motifs is 1. The van der Waals surface area contributed by atoms with Gasteiger partial charge >= 0.3 is 0 Å². The molecular weight excluding hydrogens is 304 g/mol. The fraction of sp³-hybridized carbons (Fsp3) is 0.444. The number of rotatable bonds is 5. The van der Waals surface area contributed by atoms with Gasteiger partial charge in [0, 0.05) is 49.7 Å². The van der Waals surface area contributed by atoms with Crippen molar-refractivity contribution in [1.29, 1.82) is 0 Å². The van der Waals surface area contributed by atoms with E-state index in [1.807, 2.05) is 18.2 Å². The number of pyridine rings is 1. The van der Waals surface area contributed by atoms with Crippen LogP contribution in [0.1, 0.15) is 16.8 Å². The number of benzene rings is 1. The minimum absolute atomic E-state index is 0.185. The highest BCUT2D eigenvalue weighted by atomic mass is 16.2. The van der Waals surface area contributed by atoms with Gasteiger partial charge in [-0.3, -0.25) is 9.59 Å². The topological polar surface area (TPSA) is 68.4 Å². The van der Waals surface area contributed by atoms with Gasteiger partial charge in [0.1, 0.15) is 0 Å². The van der Waals surface area contributed by atoms with E-state index in [1.165, 1.54) is 6.07 Å². The molecule has 2 aromatic rings. The maximum atomic E-state index is 12.4. The van der Waals surface area contributed by atoms with E-state index in [0.717, 1.165) is 44.5 Å². The smallest absolute Gasteiger partial charge is 0.252 e. The van der Waals surface area contributed by atoms with Crippen molar-refractivity contribution in [2.45, 2.75) is 6.42 Å². The molecule has 6 nitrogen and oxygen atoms in total. The number of carbonyl (C=O) groups excluding carboxylic acids is 1. The molecule has 6 heteroatoms. The molecule has 1 aromatic carbocycles. The molecule has 128 valence electrons. The number of aromatic amines is 1. The third-order valence-electron chi connectivity index (χ3n) is 4.53. The molecule has 3 rings (SSSR count). The van der Waals surface area contributed by atoms with Gasteiger partial charge in [0.2, 0.25) is 5.56 Å². The van der Waals surface area contributed by atoms with Crippen LogP contribution >= 0.6 is 0 Å². The van der Waals surface area contributed by atoms with Crippen molar-refractivity contribution >= 4 is 16.8 Å². The number of amides is 1. The first kappa shape index (κ1) is 16.7. The highest BCUT2D eigenvalue weighted by Gasteiger charge is 2.14. The highest BCUT2D eigenvalue weighted by molar-refractivity contribution is 6.05.